The maximum Gasteiger partial charge on any atom is 0.309 e. The molecule has 1 heterocycles. The van der Waals surface area contributed by atoms with Gasteiger partial charge in [-0.05, 0) is 30.5 Å². The van der Waals surface area contributed by atoms with Gasteiger partial charge in [-0.2, -0.15) is 0 Å². The summed E-state index contributed by atoms with van der Waals surface area (Å²) in [5.41, 5.74) is 1.08. The predicted octanol–water partition coefficient (Wildman–Crippen LogP) is 1.63. The van der Waals surface area contributed by atoms with Crippen LogP contribution in [-0.4, -0.2) is 62.7 Å². The van der Waals surface area contributed by atoms with Gasteiger partial charge in [-0.15, -0.1) is 0 Å². The zero-order valence-electron chi connectivity index (χ0n) is 16.6. The van der Waals surface area contributed by atoms with Crippen LogP contribution in [0.15, 0.2) is 24.3 Å². The van der Waals surface area contributed by atoms with Crippen LogP contribution in [0.3, 0.4) is 0 Å². The lowest BCUT2D eigenvalue weighted by Gasteiger charge is -2.35. The molecule has 0 bridgehead atoms. The third-order valence-electron chi connectivity index (χ3n) is 5.59. The average Bonchev–Trinajstić information content (AvgIpc) is 2.75. The van der Waals surface area contributed by atoms with Gasteiger partial charge in [0.05, 0.1) is 26.4 Å². The lowest BCUT2D eigenvalue weighted by atomic mass is 9.95. The molecule has 3 rings (SSSR count). The number of nitrogens with zero attached hydrogens (tertiary/aromatic N) is 1. The highest BCUT2D eigenvalue weighted by atomic mass is 16.5. The fraction of sp³-hybridized carbons (Fsp3) is 0.619. The Kier molecular flexibility index (Phi) is 7.68. The zero-order chi connectivity index (χ0) is 19.8. The van der Waals surface area contributed by atoms with E-state index in [9.17, 15) is 9.59 Å². The second-order valence-corrected chi connectivity index (χ2v) is 7.46. The molecule has 28 heavy (non-hydrogen) atoms. The van der Waals surface area contributed by atoms with Gasteiger partial charge in [-0.3, -0.25) is 14.5 Å². The van der Waals surface area contributed by atoms with Gasteiger partial charge < -0.3 is 20.1 Å². The highest BCUT2D eigenvalue weighted by Gasteiger charge is 2.25. The van der Waals surface area contributed by atoms with Crippen LogP contribution in [0, 0.1) is 0 Å². The number of carbonyl (C=O) groups is 2. The first-order chi connectivity index (χ1) is 13.7. The lowest BCUT2D eigenvalue weighted by Crippen LogP contribution is -2.48. The number of nitrogens with one attached hydrogen (secondary N) is 2. The zero-order valence-corrected chi connectivity index (χ0v) is 16.6. The van der Waals surface area contributed by atoms with Crippen molar-refractivity contribution < 1.29 is 19.1 Å². The van der Waals surface area contributed by atoms with E-state index in [0.717, 1.165) is 50.1 Å². The summed E-state index contributed by atoms with van der Waals surface area (Å²) in [5.74, 6) is -0.292. The molecule has 2 amide bonds. The fourth-order valence-corrected chi connectivity index (χ4v) is 3.94. The normalized spacial score (nSPS) is 19.6. The Bertz CT molecular complexity index is 638. The second-order valence-electron chi connectivity index (χ2n) is 7.46. The average molecular weight is 389 g/mol. The number of benzene rings is 1. The third kappa shape index (κ3) is 5.69. The van der Waals surface area contributed by atoms with E-state index in [2.05, 4.69) is 15.5 Å². The van der Waals surface area contributed by atoms with Crippen molar-refractivity contribution in [2.24, 2.45) is 0 Å². The Balaban J connectivity index is 1.59. The Morgan fingerprint density at radius 2 is 1.79 bits per heavy atom. The van der Waals surface area contributed by atoms with Crippen molar-refractivity contribution in [3.05, 3.63) is 29.8 Å². The van der Waals surface area contributed by atoms with Gasteiger partial charge in [-0.25, -0.2) is 0 Å². The maximum absolute atomic E-state index is 12.3. The van der Waals surface area contributed by atoms with E-state index in [-0.39, 0.29) is 12.1 Å². The first-order valence-electron chi connectivity index (χ1n) is 10.2. The maximum atomic E-state index is 12.3. The quantitative estimate of drug-likeness (QED) is 0.723. The molecule has 2 N–H and O–H groups in total. The molecule has 1 aromatic carbocycles. The van der Waals surface area contributed by atoms with Gasteiger partial charge >= 0.3 is 11.8 Å². The van der Waals surface area contributed by atoms with Crippen molar-refractivity contribution in [2.75, 3.05) is 40.0 Å². The van der Waals surface area contributed by atoms with Crippen molar-refractivity contribution >= 4 is 11.8 Å². The Labute approximate surface area is 166 Å². The summed E-state index contributed by atoms with van der Waals surface area (Å²) in [5, 5.41) is 5.71. The molecule has 0 aromatic heterocycles. The molecule has 1 saturated heterocycles. The number of hydrogen-bond acceptors (Lipinski definition) is 5. The van der Waals surface area contributed by atoms with Crippen molar-refractivity contribution in [3.63, 3.8) is 0 Å². The molecular weight excluding hydrogens is 358 g/mol. The summed E-state index contributed by atoms with van der Waals surface area (Å²) in [6.45, 7) is 3.30. The molecule has 1 aliphatic carbocycles. The minimum absolute atomic E-state index is 0.0127. The lowest BCUT2D eigenvalue weighted by molar-refractivity contribution is -0.140. The van der Waals surface area contributed by atoms with Crippen molar-refractivity contribution in [1.29, 1.82) is 0 Å². The van der Waals surface area contributed by atoms with E-state index < -0.39 is 11.8 Å². The summed E-state index contributed by atoms with van der Waals surface area (Å²) in [6, 6.07) is 7.96. The molecule has 7 heteroatoms. The monoisotopic (exact) mass is 389 g/mol. The SMILES string of the molecule is COc1ccc([C@@H](CNC(=O)C(=O)NC2CCCCC2)N2CCOCC2)cc1. The summed E-state index contributed by atoms with van der Waals surface area (Å²) in [7, 11) is 1.64. The Morgan fingerprint density at radius 3 is 2.43 bits per heavy atom. The van der Waals surface area contributed by atoms with E-state index in [1.807, 2.05) is 24.3 Å². The van der Waals surface area contributed by atoms with Gasteiger partial charge in [0.15, 0.2) is 0 Å². The van der Waals surface area contributed by atoms with Crippen LogP contribution < -0.4 is 15.4 Å². The Morgan fingerprint density at radius 1 is 1.11 bits per heavy atom. The van der Waals surface area contributed by atoms with Crippen molar-refractivity contribution in [1.82, 2.24) is 15.5 Å². The van der Waals surface area contributed by atoms with Crippen LogP contribution in [-0.2, 0) is 14.3 Å². The van der Waals surface area contributed by atoms with E-state index in [1.54, 1.807) is 7.11 Å². The van der Waals surface area contributed by atoms with Crippen LogP contribution in [0.2, 0.25) is 0 Å². The number of carbonyl (C=O) groups excluding carboxylic acids is 2. The summed E-state index contributed by atoms with van der Waals surface area (Å²) in [6.07, 6.45) is 5.36. The van der Waals surface area contributed by atoms with Crippen molar-refractivity contribution in [3.8, 4) is 5.75 Å². The number of methoxy groups -OCH3 is 1. The molecule has 2 fully saturated rings. The minimum Gasteiger partial charge on any atom is -0.497 e. The topological polar surface area (TPSA) is 79.9 Å². The summed E-state index contributed by atoms with van der Waals surface area (Å²) < 4.78 is 10.7. The van der Waals surface area contributed by atoms with E-state index >= 15 is 0 Å². The first kappa shape index (κ1) is 20.6. The second kappa shape index (κ2) is 10.4. The molecule has 7 nitrogen and oxygen atoms in total. The largest absolute Gasteiger partial charge is 0.497 e. The number of rotatable bonds is 6. The molecule has 154 valence electrons. The van der Waals surface area contributed by atoms with Crippen LogP contribution in [0.5, 0.6) is 5.75 Å². The number of ether oxygens (including phenoxy) is 2. The van der Waals surface area contributed by atoms with Gasteiger partial charge in [0.2, 0.25) is 0 Å². The van der Waals surface area contributed by atoms with Crippen LogP contribution in [0.4, 0.5) is 0 Å². The predicted molar refractivity (Wildman–Crippen MR) is 106 cm³/mol. The fourth-order valence-electron chi connectivity index (χ4n) is 3.94. The number of hydrogen-bond donors (Lipinski definition) is 2. The highest BCUT2D eigenvalue weighted by molar-refractivity contribution is 6.35. The minimum atomic E-state index is -0.558. The molecule has 1 saturated carbocycles. The van der Waals surface area contributed by atoms with Crippen LogP contribution in [0.1, 0.15) is 43.7 Å². The highest BCUT2D eigenvalue weighted by Crippen LogP contribution is 2.23. The van der Waals surface area contributed by atoms with Crippen molar-refractivity contribution in [2.45, 2.75) is 44.2 Å². The van der Waals surface area contributed by atoms with Gasteiger partial charge in [0, 0.05) is 25.7 Å². The molecular formula is C21H31N3O4. The third-order valence-corrected chi connectivity index (χ3v) is 5.59. The first-order valence-corrected chi connectivity index (χ1v) is 10.2. The van der Waals surface area contributed by atoms with E-state index in [4.69, 9.17) is 9.47 Å². The molecule has 1 atom stereocenters. The smallest absolute Gasteiger partial charge is 0.309 e. The molecule has 0 spiro atoms. The summed E-state index contributed by atoms with van der Waals surface area (Å²) in [4.78, 5) is 26.9. The van der Waals surface area contributed by atoms with Crippen LogP contribution in [0.25, 0.3) is 0 Å². The van der Waals surface area contributed by atoms with Gasteiger partial charge in [0.25, 0.3) is 0 Å². The summed E-state index contributed by atoms with van der Waals surface area (Å²) >= 11 is 0. The van der Waals surface area contributed by atoms with Gasteiger partial charge in [-0.1, -0.05) is 31.4 Å². The van der Waals surface area contributed by atoms with Crippen LogP contribution >= 0.6 is 0 Å². The Hall–Kier alpha value is -2.12. The molecule has 1 aromatic rings. The molecule has 0 radical (unpaired) electrons. The standard InChI is InChI=1S/C21H31N3O4/c1-27-18-9-7-16(8-10-18)19(24-11-13-28-14-12-24)15-22-20(25)21(26)23-17-5-3-2-4-6-17/h7-10,17,19H,2-6,11-15H2,1H3,(H,22,25)(H,23,26)/t19-/m1/s1. The van der Waals surface area contributed by atoms with E-state index in [1.165, 1.54) is 6.42 Å². The number of morpholine rings is 1. The van der Waals surface area contributed by atoms with Gasteiger partial charge in [0.1, 0.15) is 5.75 Å². The molecule has 0 unspecified atom stereocenters. The molecule has 2 aliphatic rings. The number of amides is 2. The molecule has 1 aliphatic heterocycles. The van der Waals surface area contributed by atoms with E-state index in [0.29, 0.717) is 19.8 Å².